The molecule has 0 bridgehead atoms. The van der Waals surface area contributed by atoms with Crippen LogP contribution in [-0.4, -0.2) is 55.1 Å². The summed E-state index contributed by atoms with van der Waals surface area (Å²) in [7, 11) is 0. The van der Waals surface area contributed by atoms with Gasteiger partial charge in [-0.25, -0.2) is 9.59 Å². The van der Waals surface area contributed by atoms with Crippen LogP contribution in [0.2, 0.25) is 0 Å². The van der Waals surface area contributed by atoms with E-state index in [-0.39, 0.29) is 18.6 Å². The van der Waals surface area contributed by atoms with Crippen LogP contribution in [0.1, 0.15) is 31.7 Å². The molecule has 1 atom stereocenters. The van der Waals surface area contributed by atoms with Crippen LogP contribution in [-0.2, 0) is 0 Å². The molecule has 0 saturated carbocycles. The van der Waals surface area contributed by atoms with E-state index in [4.69, 9.17) is 43.1 Å². The number of amides is 4. The highest BCUT2D eigenvalue weighted by atomic mass is 32.1. The van der Waals surface area contributed by atoms with Crippen LogP contribution in [0.15, 0.2) is 67.3 Å². The summed E-state index contributed by atoms with van der Waals surface area (Å²) in [6.07, 6.45) is 7.81. The number of urea groups is 2. The van der Waals surface area contributed by atoms with Gasteiger partial charge in [0.15, 0.2) is 14.3 Å². The van der Waals surface area contributed by atoms with Gasteiger partial charge in [0.1, 0.15) is 0 Å². The van der Waals surface area contributed by atoms with Crippen molar-refractivity contribution in [3.8, 4) is 12.3 Å². The third-order valence-corrected chi connectivity index (χ3v) is 7.64. The van der Waals surface area contributed by atoms with Gasteiger partial charge in [0, 0.05) is 17.9 Å². The molecule has 12 nitrogen and oxygen atoms in total. The van der Waals surface area contributed by atoms with Gasteiger partial charge in [0.05, 0.1) is 39.6 Å². The monoisotopic (exact) mass is 700 g/mol. The number of aromatic amines is 6. The molecule has 48 heavy (non-hydrogen) atoms. The van der Waals surface area contributed by atoms with Gasteiger partial charge in [0.2, 0.25) is 0 Å². The number of H-pyrrole nitrogens is 6. The molecule has 6 aromatic rings. The van der Waals surface area contributed by atoms with Crippen molar-refractivity contribution in [2.45, 2.75) is 26.2 Å². The molecule has 0 aliphatic heterocycles. The zero-order chi connectivity index (χ0) is 34.6. The predicted molar refractivity (Wildman–Crippen MR) is 202 cm³/mol. The Labute approximate surface area is 291 Å². The first-order valence-electron chi connectivity index (χ1n) is 14.9. The average Bonchev–Trinajstić information content (AvgIpc) is 3.75. The van der Waals surface area contributed by atoms with E-state index < -0.39 is 0 Å². The normalized spacial score (nSPS) is 10.9. The lowest BCUT2D eigenvalue weighted by Crippen LogP contribution is -2.28. The first-order chi connectivity index (χ1) is 23.1. The van der Waals surface area contributed by atoms with Gasteiger partial charge in [-0.05, 0) is 103 Å². The summed E-state index contributed by atoms with van der Waals surface area (Å²) < 4.78 is 1.81. The minimum absolute atomic E-state index is 0.195. The number of terminal acetylenes is 1. The number of hydrogen-bond acceptors (Lipinski definition) is 5. The second-order valence-corrected chi connectivity index (χ2v) is 11.7. The number of hydrogen-bond donors (Lipinski definition) is 10. The minimum Gasteiger partial charge on any atom is -0.334 e. The third kappa shape index (κ3) is 10.0. The molecular weight excluding hydrogens is 665 g/mol. The molecule has 0 radical (unpaired) electrons. The quantitative estimate of drug-likeness (QED) is 0.0457. The van der Waals surface area contributed by atoms with Crippen LogP contribution in [0.25, 0.3) is 33.1 Å². The van der Waals surface area contributed by atoms with E-state index in [0.29, 0.717) is 38.2 Å². The second kappa shape index (κ2) is 16.9. The van der Waals surface area contributed by atoms with Gasteiger partial charge in [-0.15, -0.1) is 13.0 Å². The standard InChI is InChI=1S/C11H12N4OS.C11H10N4OS.C11H14N2S/c2*1-2-5-12-10(16)13-7-3-4-8-9(6-7)15-11(17)14-8;1-3-7(2)8-4-5-9-10(6-8)13-11(14)12-9/h2-4,6H,1,5H2,(H2,12,13,16)(H2,14,15,17);1,3-4,6H,5H2,(H2,12,13,16)(H2,14,15,17);4-7H,3H2,1-2H3,(H2,12,13,14). The molecule has 3 aromatic heterocycles. The van der Waals surface area contributed by atoms with Crippen molar-refractivity contribution < 1.29 is 9.59 Å². The zero-order valence-corrected chi connectivity index (χ0v) is 28.7. The van der Waals surface area contributed by atoms with Crippen LogP contribution >= 0.6 is 36.7 Å². The molecule has 15 heteroatoms. The number of carbonyl (C=O) groups is 2. The fraction of sp³-hybridized carbons (Fsp3) is 0.182. The molecular formula is C33H36N10O2S3. The fourth-order valence-corrected chi connectivity index (χ4v) is 5.12. The summed E-state index contributed by atoms with van der Waals surface area (Å²) >= 11 is 15.0. The number of aromatic nitrogens is 6. The smallest absolute Gasteiger partial charge is 0.319 e. The zero-order valence-electron chi connectivity index (χ0n) is 26.3. The Morgan fingerprint density at radius 3 is 1.65 bits per heavy atom. The van der Waals surface area contributed by atoms with Crippen molar-refractivity contribution in [1.82, 2.24) is 40.5 Å². The topological polar surface area (TPSA) is 177 Å². The van der Waals surface area contributed by atoms with E-state index in [1.165, 1.54) is 5.56 Å². The van der Waals surface area contributed by atoms with Crippen LogP contribution in [0.5, 0.6) is 0 Å². The van der Waals surface area contributed by atoms with E-state index >= 15 is 0 Å². The molecule has 6 rings (SSSR count). The molecule has 4 amide bonds. The third-order valence-electron chi connectivity index (χ3n) is 7.03. The largest absolute Gasteiger partial charge is 0.334 e. The molecule has 0 fully saturated rings. The molecule has 1 unspecified atom stereocenters. The van der Waals surface area contributed by atoms with Gasteiger partial charge in [-0.3, -0.25) is 0 Å². The Kier molecular flexibility index (Phi) is 12.5. The molecule has 0 aliphatic carbocycles. The van der Waals surface area contributed by atoms with E-state index in [9.17, 15) is 9.59 Å². The van der Waals surface area contributed by atoms with Gasteiger partial charge < -0.3 is 51.2 Å². The van der Waals surface area contributed by atoms with Gasteiger partial charge in [-0.1, -0.05) is 31.9 Å². The van der Waals surface area contributed by atoms with Crippen LogP contribution in [0.4, 0.5) is 21.0 Å². The summed E-state index contributed by atoms with van der Waals surface area (Å²) in [6.45, 7) is 8.59. The van der Waals surface area contributed by atoms with Crippen molar-refractivity contribution >= 4 is 93.2 Å². The van der Waals surface area contributed by atoms with E-state index in [2.05, 4.69) is 95.7 Å². The number of imidazole rings is 3. The summed E-state index contributed by atoms with van der Waals surface area (Å²) in [4.78, 5) is 40.9. The van der Waals surface area contributed by atoms with Gasteiger partial charge in [-0.2, -0.15) is 0 Å². The van der Waals surface area contributed by atoms with Crippen LogP contribution < -0.4 is 21.3 Å². The van der Waals surface area contributed by atoms with Crippen LogP contribution in [0, 0.1) is 26.7 Å². The Balaban J connectivity index is 0.000000163. The maximum Gasteiger partial charge on any atom is 0.319 e. The highest BCUT2D eigenvalue weighted by Gasteiger charge is 2.05. The highest BCUT2D eigenvalue weighted by molar-refractivity contribution is 7.71. The van der Waals surface area contributed by atoms with E-state index in [1.54, 1.807) is 24.3 Å². The first-order valence-corrected chi connectivity index (χ1v) is 16.1. The maximum absolute atomic E-state index is 11.4. The molecule has 10 N–H and O–H groups in total. The number of carbonyl (C=O) groups excluding carboxylic acids is 2. The second-order valence-electron chi connectivity index (χ2n) is 10.5. The Morgan fingerprint density at radius 2 is 1.19 bits per heavy atom. The molecule has 3 heterocycles. The summed E-state index contributed by atoms with van der Waals surface area (Å²) in [5, 5.41) is 10.5. The molecule has 248 valence electrons. The van der Waals surface area contributed by atoms with Crippen molar-refractivity contribution in [1.29, 1.82) is 0 Å². The van der Waals surface area contributed by atoms with Gasteiger partial charge in [0.25, 0.3) is 0 Å². The van der Waals surface area contributed by atoms with Crippen molar-refractivity contribution in [2.24, 2.45) is 0 Å². The fourth-order valence-electron chi connectivity index (χ4n) is 4.46. The number of nitrogens with one attached hydrogen (secondary N) is 10. The number of benzene rings is 3. The molecule has 0 saturated heterocycles. The van der Waals surface area contributed by atoms with Crippen molar-refractivity contribution in [3.05, 3.63) is 87.1 Å². The first kappa shape index (κ1) is 35.4. The van der Waals surface area contributed by atoms with E-state index in [1.807, 2.05) is 18.2 Å². The molecule has 0 aliphatic rings. The summed E-state index contributed by atoms with van der Waals surface area (Å²) in [5.74, 6) is 2.93. The highest BCUT2D eigenvalue weighted by Crippen LogP contribution is 2.22. The predicted octanol–water partition coefficient (Wildman–Crippen LogP) is 8.25. The van der Waals surface area contributed by atoms with Gasteiger partial charge >= 0.3 is 12.1 Å². The SMILES string of the molecule is C#CCNC(=O)Nc1ccc2[nH]c(=S)[nH]c2c1.C=CCNC(=O)Nc1ccc2[nH]c(=S)[nH]c2c1.CCC(C)c1ccc2[nH]c(=S)[nH]c2c1. The number of rotatable bonds is 7. The number of fused-ring (bicyclic) bond motifs is 3. The Hall–Kier alpha value is -5.43. The van der Waals surface area contributed by atoms with Crippen molar-refractivity contribution in [3.63, 3.8) is 0 Å². The summed E-state index contributed by atoms with van der Waals surface area (Å²) in [5.41, 5.74) is 8.42. The van der Waals surface area contributed by atoms with E-state index in [0.717, 1.165) is 39.5 Å². The number of anilines is 2. The van der Waals surface area contributed by atoms with Crippen LogP contribution in [0.3, 0.4) is 0 Å². The van der Waals surface area contributed by atoms with Crippen molar-refractivity contribution in [2.75, 3.05) is 23.7 Å². The maximum atomic E-state index is 11.4. The lowest BCUT2D eigenvalue weighted by molar-refractivity contribution is 0.252. The lowest BCUT2D eigenvalue weighted by atomic mass is 9.98. The minimum atomic E-state index is -0.337. The Bertz CT molecular complexity index is 2260. The Morgan fingerprint density at radius 1 is 0.750 bits per heavy atom. The average molecular weight is 701 g/mol. The molecule has 3 aromatic carbocycles. The summed E-state index contributed by atoms with van der Waals surface area (Å²) in [6, 6.07) is 16.7. The molecule has 0 spiro atoms. The lowest BCUT2D eigenvalue weighted by Gasteiger charge is -2.07.